The molecule has 0 aliphatic heterocycles. The van der Waals surface area contributed by atoms with Gasteiger partial charge in [-0.25, -0.2) is 0 Å². The molecular formula is C13H19N5. The van der Waals surface area contributed by atoms with Gasteiger partial charge in [-0.1, -0.05) is 0 Å². The van der Waals surface area contributed by atoms with Crippen molar-refractivity contribution in [1.29, 1.82) is 0 Å². The van der Waals surface area contributed by atoms with Crippen molar-refractivity contribution < 1.29 is 0 Å². The van der Waals surface area contributed by atoms with Crippen molar-refractivity contribution in [3.05, 3.63) is 35.2 Å². The van der Waals surface area contributed by atoms with Crippen LogP contribution in [0.2, 0.25) is 0 Å². The number of nitrogen functional groups attached to an aromatic ring is 2. The lowest BCUT2D eigenvalue weighted by molar-refractivity contribution is 0.730. The summed E-state index contributed by atoms with van der Waals surface area (Å²) in [6.45, 7) is 4.81. The molecule has 2 aromatic rings. The first-order valence-electron chi connectivity index (χ1n) is 5.87. The number of benzene rings is 1. The van der Waals surface area contributed by atoms with E-state index in [2.05, 4.69) is 17.3 Å². The number of aromatic nitrogens is 2. The molecule has 0 bridgehead atoms. The fraction of sp³-hybridized carbons (Fsp3) is 0.308. The summed E-state index contributed by atoms with van der Waals surface area (Å²) >= 11 is 0. The zero-order valence-electron chi connectivity index (χ0n) is 11.0. The molecule has 2 rings (SSSR count). The summed E-state index contributed by atoms with van der Waals surface area (Å²) in [4.78, 5) is 0. The number of nitrogens with one attached hydrogen (secondary N) is 1. The Bertz CT molecular complexity index is 571. The van der Waals surface area contributed by atoms with Crippen molar-refractivity contribution >= 4 is 17.1 Å². The Morgan fingerprint density at radius 2 is 1.94 bits per heavy atom. The quantitative estimate of drug-likeness (QED) is 0.720. The molecule has 5 nitrogen and oxygen atoms in total. The van der Waals surface area contributed by atoms with Gasteiger partial charge in [0.15, 0.2) is 0 Å². The molecule has 0 fully saturated rings. The van der Waals surface area contributed by atoms with Crippen LogP contribution in [0.1, 0.15) is 17.0 Å². The fourth-order valence-electron chi connectivity index (χ4n) is 1.95. The Labute approximate surface area is 107 Å². The molecule has 96 valence electrons. The lowest BCUT2D eigenvalue weighted by Crippen LogP contribution is -2.03. The van der Waals surface area contributed by atoms with E-state index >= 15 is 0 Å². The molecule has 0 atom stereocenters. The van der Waals surface area contributed by atoms with E-state index in [9.17, 15) is 0 Å². The van der Waals surface area contributed by atoms with Crippen LogP contribution < -0.4 is 16.8 Å². The van der Waals surface area contributed by atoms with Gasteiger partial charge < -0.3 is 16.8 Å². The molecule has 5 heteroatoms. The van der Waals surface area contributed by atoms with Crippen LogP contribution in [-0.2, 0) is 13.6 Å². The fourth-order valence-corrected chi connectivity index (χ4v) is 1.95. The summed E-state index contributed by atoms with van der Waals surface area (Å²) < 4.78 is 1.89. The maximum atomic E-state index is 5.77. The molecular weight excluding hydrogens is 226 g/mol. The predicted octanol–water partition coefficient (Wildman–Crippen LogP) is 1.81. The van der Waals surface area contributed by atoms with Gasteiger partial charge in [0.25, 0.3) is 0 Å². The third kappa shape index (κ3) is 2.25. The van der Waals surface area contributed by atoms with E-state index in [1.165, 1.54) is 11.3 Å². The Morgan fingerprint density at radius 1 is 1.22 bits per heavy atom. The average molecular weight is 245 g/mol. The monoisotopic (exact) mass is 245 g/mol. The van der Waals surface area contributed by atoms with Gasteiger partial charge in [0.05, 0.1) is 17.1 Å². The molecule has 1 heterocycles. The summed E-state index contributed by atoms with van der Waals surface area (Å²) in [5.74, 6) is 0. The maximum Gasteiger partial charge on any atom is 0.0646 e. The molecule has 0 amide bonds. The minimum absolute atomic E-state index is 0.597. The normalized spacial score (nSPS) is 10.6. The molecule has 0 spiro atoms. The van der Waals surface area contributed by atoms with Crippen LogP contribution in [0, 0.1) is 13.8 Å². The van der Waals surface area contributed by atoms with Gasteiger partial charge in [-0.05, 0) is 32.0 Å². The van der Waals surface area contributed by atoms with Crippen LogP contribution in [0.3, 0.4) is 0 Å². The van der Waals surface area contributed by atoms with Crippen LogP contribution in [-0.4, -0.2) is 9.78 Å². The van der Waals surface area contributed by atoms with Crippen molar-refractivity contribution in [2.24, 2.45) is 7.05 Å². The molecule has 0 unspecified atom stereocenters. The van der Waals surface area contributed by atoms with Gasteiger partial charge in [-0.15, -0.1) is 0 Å². The molecule has 0 saturated carbocycles. The van der Waals surface area contributed by atoms with Crippen LogP contribution in [0.25, 0.3) is 0 Å². The topological polar surface area (TPSA) is 81.9 Å². The van der Waals surface area contributed by atoms with Crippen molar-refractivity contribution in [2.75, 3.05) is 16.8 Å². The predicted molar refractivity (Wildman–Crippen MR) is 75.3 cm³/mol. The lowest BCUT2D eigenvalue weighted by atomic mass is 10.2. The number of nitrogens with two attached hydrogens (primary N) is 2. The second-order valence-corrected chi connectivity index (χ2v) is 4.47. The molecule has 0 saturated heterocycles. The van der Waals surface area contributed by atoms with Crippen LogP contribution in [0.4, 0.5) is 17.1 Å². The second-order valence-electron chi connectivity index (χ2n) is 4.47. The average Bonchev–Trinajstić information content (AvgIpc) is 2.56. The number of anilines is 3. The highest BCUT2D eigenvalue weighted by Crippen LogP contribution is 2.21. The van der Waals surface area contributed by atoms with E-state index in [-0.39, 0.29) is 0 Å². The SMILES string of the molecule is Cc1nn(C)c(C)c1CNc1ccc(N)c(N)c1. The highest BCUT2D eigenvalue weighted by atomic mass is 15.3. The molecule has 0 radical (unpaired) electrons. The molecule has 0 aliphatic rings. The van der Waals surface area contributed by atoms with E-state index in [0.29, 0.717) is 11.4 Å². The Kier molecular flexibility index (Phi) is 3.14. The molecule has 18 heavy (non-hydrogen) atoms. The third-order valence-corrected chi connectivity index (χ3v) is 3.21. The zero-order chi connectivity index (χ0) is 13.3. The zero-order valence-corrected chi connectivity index (χ0v) is 11.0. The summed E-state index contributed by atoms with van der Waals surface area (Å²) in [7, 11) is 1.95. The van der Waals surface area contributed by atoms with Gasteiger partial charge in [-0.3, -0.25) is 4.68 Å². The molecule has 1 aromatic carbocycles. The van der Waals surface area contributed by atoms with Crippen molar-refractivity contribution in [3.8, 4) is 0 Å². The number of hydrogen-bond acceptors (Lipinski definition) is 4. The van der Waals surface area contributed by atoms with Crippen LogP contribution >= 0.6 is 0 Å². The molecule has 0 aliphatic carbocycles. The van der Waals surface area contributed by atoms with E-state index in [0.717, 1.165) is 17.9 Å². The summed E-state index contributed by atoms with van der Waals surface area (Å²) in [6, 6.07) is 5.57. The van der Waals surface area contributed by atoms with Gasteiger partial charge in [0.1, 0.15) is 0 Å². The minimum atomic E-state index is 0.597. The van der Waals surface area contributed by atoms with E-state index in [1.807, 2.05) is 30.8 Å². The number of nitrogens with zero attached hydrogens (tertiary/aromatic N) is 2. The second kappa shape index (κ2) is 4.60. The standard InChI is InChI=1S/C13H19N5/c1-8-11(9(2)18(3)17-8)7-16-10-4-5-12(14)13(15)6-10/h4-6,16H,7,14-15H2,1-3H3. The van der Waals surface area contributed by atoms with Gasteiger partial charge in [0, 0.05) is 30.5 Å². The van der Waals surface area contributed by atoms with Crippen LogP contribution in [0.5, 0.6) is 0 Å². The first-order chi connectivity index (χ1) is 8.49. The molecule has 5 N–H and O–H groups in total. The Balaban J connectivity index is 2.14. The lowest BCUT2D eigenvalue weighted by Gasteiger charge is -2.09. The molecule has 1 aromatic heterocycles. The first kappa shape index (κ1) is 12.3. The third-order valence-electron chi connectivity index (χ3n) is 3.21. The number of hydrogen-bond donors (Lipinski definition) is 3. The summed E-state index contributed by atoms with van der Waals surface area (Å²) in [5, 5.41) is 7.72. The highest BCUT2D eigenvalue weighted by molar-refractivity contribution is 5.69. The number of rotatable bonds is 3. The maximum absolute atomic E-state index is 5.77. The summed E-state index contributed by atoms with van der Waals surface area (Å²) in [5.41, 5.74) is 17.1. The van der Waals surface area contributed by atoms with E-state index < -0.39 is 0 Å². The van der Waals surface area contributed by atoms with E-state index in [1.54, 1.807) is 6.07 Å². The smallest absolute Gasteiger partial charge is 0.0646 e. The van der Waals surface area contributed by atoms with Gasteiger partial charge >= 0.3 is 0 Å². The van der Waals surface area contributed by atoms with Crippen molar-refractivity contribution in [3.63, 3.8) is 0 Å². The number of aryl methyl sites for hydroxylation is 2. The first-order valence-corrected chi connectivity index (χ1v) is 5.87. The van der Waals surface area contributed by atoms with Gasteiger partial charge in [0.2, 0.25) is 0 Å². The van der Waals surface area contributed by atoms with Crippen molar-refractivity contribution in [2.45, 2.75) is 20.4 Å². The summed E-state index contributed by atoms with van der Waals surface area (Å²) in [6.07, 6.45) is 0. The van der Waals surface area contributed by atoms with Crippen LogP contribution in [0.15, 0.2) is 18.2 Å². The Morgan fingerprint density at radius 3 is 2.50 bits per heavy atom. The Hall–Kier alpha value is -2.17. The minimum Gasteiger partial charge on any atom is -0.397 e. The largest absolute Gasteiger partial charge is 0.397 e. The van der Waals surface area contributed by atoms with E-state index in [4.69, 9.17) is 11.5 Å². The van der Waals surface area contributed by atoms with Gasteiger partial charge in [-0.2, -0.15) is 5.10 Å². The highest BCUT2D eigenvalue weighted by Gasteiger charge is 2.08. The van der Waals surface area contributed by atoms with Crippen molar-refractivity contribution in [1.82, 2.24) is 9.78 Å².